The second kappa shape index (κ2) is 5.91. The van der Waals surface area contributed by atoms with Crippen LogP contribution in [0.25, 0.3) is 16.8 Å². The van der Waals surface area contributed by atoms with Gasteiger partial charge >= 0.3 is 0 Å². The lowest BCUT2D eigenvalue weighted by molar-refractivity contribution is 0.455. The van der Waals surface area contributed by atoms with Gasteiger partial charge in [-0.1, -0.05) is 0 Å². The Hall–Kier alpha value is -2.98. The number of aromatic nitrogens is 4. The van der Waals surface area contributed by atoms with E-state index in [-0.39, 0.29) is 0 Å². The summed E-state index contributed by atoms with van der Waals surface area (Å²) < 4.78 is 1.65. The topological polar surface area (TPSA) is 105 Å². The van der Waals surface area contributed by atoms with Crippen LogP contribution in [0.2, 0.25) is 0 Å². The molecule has 7 nitrogen and oxygen atoms in total. The molecule has 3 N–H and O–H groups in total. The van der Waals surface area contributed by atoms with Crippen molar-refractivity contribution in [3.8, 4) is 17.2 Å². The second-order valence-electron chi connectivity index (χ2n) is 5.99. The number of hydrogen-bond acceptors (Lipinski definition) is 6. The number of nitrogens with zero attached hydrogens (tertiary/aromatic N) is 5. The molecular formula is C17H17N7. The molecule has 0 spiro atoms. The molecule has 0 bridgehead atoms. The predicted octanol–water partition coefficient (Wildman–Crippen LogP) is 1.71. The van der Waals surface area contributed by atoms with Crippen LogP contribution in [0.5, 0.6) is 0 Å². The molecule has 7 heteroatoms. The minimum absolute atomic E-state index is 0.368. The molecule has 0 radical (unpaired) electrons. The van der Waals surface area contributed by atoms with E-state index in [4.69, 9.17) is 16.0 Å². The first kappa shape index (κ1) is 14.6. The fourth-order valence-corrected chi connectivity index (χ4v) is 3.14. The predicted molar refractivity (Wildman–Crippen MR) is 90.2 cm³/mol. The van der Waals surface area contributed by atoms with Crippen LogP contribution in [0.1, 0.15) is 30.1 Å². The summed E-state index contributed by atoms with van der Waals surface area (Å²) >= 11 is 0. The van der Waals surface area contributed by atoms with Crippen molar-refractivity contribution in [3.63, 3.8) is 0 Å². The van der Waals surface area contributed by atoms with Crippen LogP contribution in [0, 0.1) is 11.3 Å². The Morgan fingerprint density at radius 1 is 1.33 bits per heavy atom. The lowest BCUT2D eigenvalue weighted by atomic mass is 9.96. The Morgan fingerprint density at radius 2 is 2.25 bits per heavy atom. The number of hydrogen-bond donors (Lipinski definition) is 2. The summed E-state index contributed by atoms with van der Waals surface area (Å²) in [5, 5.41) is 16.6. The second-order valence-corrected chi connectivity index (χ2v) is 5.99. The third kappa shape index (κ3) is 2.47. The summed E-state index contributed by atoms with van der Waals surface area (Å²) in [6.45, 7) is 1.98. The summed E-state index contributed by atoms with van der Waals surface area (Å²) in [5.41, 5.74) is 10.0. The number of nitriles is 1. The number of rotatable bonds is 2. The maximum absolute atomic E-state index is 8.88. The van der Waals surface area contributed by atoms with Crippen molar-refractivity contribution in [2.75, 3.05) is 18.8 Å². The van der Waals surface area contributed by atoms with E-state index in [0.717, 1.165) is 48.4 Å². The molecule has 3 aromatic heterocycles. The Morgan fingerprint density at radius 3 is 2.96 bits per heavy atom. The van der Waals surface area contributed by atoms with Crippen LogP contribution < -0.4 is 11.1 Å². The van der Waals surface area contributed by atoms with Gasteiger partial charge in [-0.05, 0) is 31.5 Å². The standard InChI is InChI=1S/C17H17N7/c18-7-13-4-3-11(9-21-13)14-10-22-24-16(19)6-15(23-17(14)24)12-2-1-5-20-8-12/h3-4,6,9-10,12,20H,1-2,5,8,19H2. The Labute approximate surface area is 139 Å². The number of anilines is 1. The van der Waals surface area contributed by atoms with Gasteiger partial charge in [0.05, 0.1) is 11.9 Å². The third-order valence-electron chi connectivity index (χ3n) is 4.42. The maximum Gasteiger partial charge on any atom is 0.165 e. The zero-order chi connectivity index (χ0) is 16.5. The number of nitrogens with two attached hydrogens (primary N) is 1. The highest BCUT2D eigenvalue weighted by atomic mass is 15.3. The number of piperidine rings is 1. The van der Waals surface area contributed by atoms with Crippen molar-refractivity contribution in [1.82, 2.24) is 24.9 Å². The summed E-state index contributed by atoms with van der Waals surface area (Å²) in [5.74, 6) is 0.946. The molecule has 1 fully saturated rings. The first-order chi connectivity index (χ1) is 11.8. The fraction of sp³-hybridized carbons (Fsp3) is 0.294. The molecular weight excluding hydrogens is 302 g/mol. The van der Waals surface area contributed by atoms with Crippen molar-refractivity contribution in [3.05, 3.63) is 42.0 Å². The maximum atomic E-state index is 8.88. The largest absolute Gasteiger partial charge is 0.384 e. The molecule has 0 saturated carbocycles. The number of fused-ring (bicyclic) bond motifs is 1. The van der Waals surface area contributed by atoms with E-state index in [1.54, 1.807) is 23.0 Å². The van der Waals surface area contributed by atoms with E-state index in [0.29, 0.717) is 17.4 Å². The van der Waals surface area contributed by atoms with Crippen LogP contribution in [0.4, 0.5) is 5.82 Å². The number of pyridine rings is 1. The first-order valence-corrected chi connectivity index (χ1v) is 7.97. The van der Waals surface area contributed by atoms with Crippen LogP contribution in [0.3, 0.4) is 0 Å². The quantitative estimate of drug-likeness (QED) is 0.745. The van der Waals surface area contributed by atoms with Gasteiger partial charge in [0, 0.05) is 35.9 Å². The van der Waals surface area contributed by atoms with Gasteiger partial charge in [-0.2, -0.15) is 14.9 Å². The smallest absolute Gasteiger partial charge is 0.165 e. The normalized spacial score (nSPS) is 17.7. The zero-order valence-corrected chi connectivity index (χ0v) is 13.1. The van der Waals surface area contributed by atoms with Gasteiger partial charge in [0.15, 0.2) is 5.65 Å². The Bertz CT molecular complexity index is 915. The van der Waals surface area contributed by atoms with E-state index in [1.807, 2.05) is 18.2 Å². The lowest BCUT2D eigenvalue weighted by Gasteiger charge is -2.22. The molecule has 1 atom stereocenters. The highest BCUT2D eigenvalue weighted by molar-refractivity contribution is 5.77. The van der Waals surface area contributed by atoms with Crippen molar-refractivity contribution < 1.29 is 0 Å². The van der Waals surface area contributed by atoms with Gasteiger partial charge < -0.3 is 11.1 Å². The van der Waals surface area contributed by atoms with Gasteiger partial charge in [-0.3, -0.25) is 0 Å². The Balaban J connectivity index is 1.81. The average Bonchev–Trinajstić information content (AvgIpc) is 3.07. The van der Waals surface area contributed by atoms with E-state index in [2.05, 4.69) is 15.4 Å². The van der Waals surface area contributed by atoms with Crippen LogP contribution in [0.15, 0.2) is 30.6 Å². The molecule has 1 unspecified atom stereocenters. The summed E-state index contributed by atoms with van der Waals surface area (Å²) in [4.78, 5) is 8.95. The van der Waals surface area contributed by atoms with Crippen LogP contribution in [-0.4, -0.2) is 32.7 Å². The third-order valence-corrected chi connectivity index (χ3v) is 4.42. The van der Waals surface area contributed by atoms with Gasteiger partial charge in [-0.25, -0.2) is 9.97 Å². The molecule has 3 aromatic rings. The molecule has 120 valence electrons. The fourth-order valence-electron chi connectivity index (χ4n) is 3.14. The lowest BCUT2D eigenvalue weighted by Crippen LogP contribution is -2.29. The summed E-state index contributed by atoms with van der Waals surface area (Å²) in [6.07, 6.45) is 5.66. The van der Waals surface area contributed by atoms with E-state index < -0.39 is 0 Å². The van der Waals surface area contributed by atoms with Crippen molar-refractivity contribution in [2.45, 2.75) is 18.8 Å². The zero-order valence-electron chi connectivity index (χ0n) is 13.1. The first-order valence-electron chi connectivity index (χ1n) is 7.97. The molecule has 1 saturated heterocycles. The molecule has 0 aromatic carbocycles. The minimum atomic E-state index is 0.368. The van der Waals surface area contributed by atoms with Crippen molar-refractivity contribution in [2.24, 2.45) is 0 Å². The Kier molecular flexibility index (Phi) is 3.59. The molecule has 0 aliphatic carbocycles. The minimum Gasteiger partial charge on any atom is -0.384 e. The number of nitrogens with one attached hydrogen (secondary N) is 1. The molecule has 1 aliphatic rings. The molecule has 0 amide bonds. The van der Waals surface area contributed by atoms with Crippen LogP contribution in [-0.2, 0) is 0 Å². The molecule has 24 heavy (non-hydrogen) atoms. The van der Waals surface area contributed by atoms with E-state index in [1.165, 1.54) is 0 Å². The van der Waals surface area contributed by atoms with Crippen LogP contribution >= 0.6 is 0 Å². The number of nitrogen functional groups attached to an aromatic ring is 1. The highest BCUT2D eigenvalue weighted by Gasteiger charge is 2.19. The average molecular weight is 319 g/mol. The van der Waals surface area contributed by atoms with Crippen molar-refractivity contribution >= 4 is 11.5 Å². The van der Waals surface area contributed by atoms with E-state index >= 15 is 0 Å². The summed E-state index contributed by atoms with van der Waals surface area (Å²) in [7, 11) is 0. The van der Waals surface area contributed by atoms with Gasteiger partial charge in [0.1, 0.15) is 17.6 Å². The summed E-state index contributed by atoms with van der Waals surface area (Å²) in [6, 6.07) is 7.49. The van der Waals surface area contributed by atoms with E-state index in [9.17, 15) is 0 Å². The van der Waals surface area contributed by atoms with Gasteiger partial charge in [0.2, 0.25) is 0 Å². The SMILES string of the molecule is N#Cc1ccc(-c2cnn3c(N)cc(C4CCCNC4)nc23)cn1. The molecule has 4 rings (SSSR count). The van der Waals surface area contributed by atoms with Gasteiger partial charge in [0.25, 0.3) is 0 Å². The monoisotopic (exact) mass is 319 g/mol. The molecule has 4 heterocycles. The van der Waals surface area contributed by atoms with Crippen molar-refractivity contribution in [1.29, 1.82) is 5.26 Å². The molecule has 1 aliphatic heterocycles. The van der Waals surface area contributed by atoms with Gasteiger partial charge in [-0.15, -0.1) is 0 Å². The highest BCUT2D eigenvalue weighted by Crippen LogP contribution is 2.28.